The number of nitrogens with zero attached hydrogens (tertiary/aromatic N) is 5. The van der Waals surface area contributed by atoms with E-state index >= 15 is 0 Å². The summed E-state index contributed by atoms with van der Waals surface area (Å²) < 4.78 is 13.9. The summed E-state index contributed by atoms with van der Waals surface area (Å²) >= 11 is 0. The Kier molecular flexibility index (Phi) is 15.9. The molecule has 2 aliphatic heterocycles. The molecule has 7 heteroatoms. The van der Waals surface area contributed by atoms with Gasteiger partial charge in [-0.05, 0) is 127 Å². The minimum atomic E-state index is -0.539. The maximum Gasteiger partial charge on any atom is 0.179 e. The summed E-state index contributed by atoms with van der Waals surface area (Å²) in [5, 5.41) is 0. The molecule has 0 atom stereocenters. The fraction of sp³-hybridized carbons (Fsp3) is 0.0190. The largest absolute Gasteiger partial charge is 0.456 e. The highest BCUT2D eigenvalue weighted by Gasteiger charge is 2.53. The van der Waals surface area contributed by atoms with Gasteiger partial charge in [-0.15, -0.1) is 0 Å². The Morgan fingerprint density at radius 3 is 0.973 bits per heavy atom. The molecule has 112 heavy (non-hydrogen) atoms. The average Bonchev–Trinajstić information content (AvgIpc) is 1.50. The molecular weight excluding hydrogens is 1360 g/mol. The lowest BCUT2D eigenvalue weighted by atomic mass is 9.65. The molecule has 0 N–H and O–H groups in total. The van der Waals surface area contributed by atoms with Gasteiger partial charge in [0.25, 0.3) is 0 Å². The summed E-state index contributed by atoms with van der Waals surface area (Å²) in [4.78, 5) is 25.9. The third kappa shape index (κ3) is 10.8. The minimum absolute atomic E-state index is 0.520. The van der Waals surface area contributed by atoms with Gasteiger partial charge in [-0.2, -0.15) is 0 Å². The van der Waals surface area contributed by atoms with Gasteiger partial charge in [-0.1, -0.05) is 352 Å². The second-order valence-electron chi connectivity index (χ2n) is 28.7. The molecule has 0 saturated heterocycles. The van der Waals surface area contributed by atoms with E-state index < -0.39 is 10.8 Å². The van der Waals surface area contributed by atoms with Gasteiger partial charge < -0.3 is 9.47 Å². The van der Waals surface area contributed by atoms with Crippen LogP contribution in [0, 0.1) is 0 Å². The van der Waals surface area contributed by atoms with Crippen molar-refractivity contribution in [1.29, 1.82) is 0 Å². The smallest absolute Gasteiger partial charge is 0.179 e. The Labute approximate surface area is 649 Å². The quantitative estimate of drug-likeness (QED) is 0.135. The molecule has 5 heterocycles. The number of aromatic nitrogens is 5. The Morgan fingerprint density at radius 2 is 0.473 bits per heavy atom. The molecule has 2 spiro atoms. The fourth-order valence-electron chi connectivity index (χ4n) is 17.7. The topological polar surface area (TPSA) is 82.9 Å². The first kappa shape index (κ1) is 65.5. The summed E-state index contributed by atoms with van der Waals surface area (Å²) in [5.74, 6) is 4.67. The first-order valence-electron chi connectivity index (χ1n) is 38.0. The molecule has 0 amide bonds. The van der Waals surface area contributed by atoms with E-state index in [0.717, 1.165) is 140 Å². The lowest BCUT2D eigenvalue weighted by molar-refractivity contribution is 0.438. The zero-order valence-corrected chi connectivity index (χ0v) is 60.7. The number of benzene rings is 15. The van der Waals surface area contributed by atoms with E-state index in [1.807, 2.05) is 72.8 Å². The van der Waals surface area contributed by atoms with Gasteiger partial charge in [-0.3, -0.25) is 0 Å². The second-order valence-corrected chi connectivity index (χ2v) is 28.7. The highest BCUT2D eigenvalue weighted by molar-refractivity contribution is 5.94. The van der Waals surface area contributed by atoms with E-state index in [1.165, 1.54) is 44.5 Å². The maximum atomic E-state index is 7.02. The van der Waals surface area contributed by atoms with Crippen LogP contribution < -0.4 is 9.47 Å². The zero-order valence-electron chi connectivity index (χ0n) is 60.7. The van der Waals surface area contributed by atoms with Crippen molar-refractivity contribution in [2.75, 3.05) is 0 Å². The highest BCUT2D eigenvalue weighted by atomic mass is 16.5. The summed E-state index contributed by atoms with van der Waals surface area (Å²) in [5.41, 5.74) is 31.2. The van der Waals surface area contributed by atoms with E-state index in [9.17, 15) is 0 Å². The summed E-state index contributed by atoms with van der Waals surface area (Å²) in [7, 11) is 0. The van der Waals surface area contributed by atoms with Crippen LogP contribution in [-0.4, -0.2) is 24.9 Å². The van der Waals surface area contributed by atoms with Crippen LogP contribution in [0.2, 0.25) is 0 Å². The highest BCUT2D eigenvalue weighted by Crippen LogP contribution is 2.65. The van der Waals surface area contributed by atoms with Crippen molar-refractivity contribution < 1.29 is 9.47 Å². The molecule has 0 radical (unpaired) electrons. The van der Waals surface area contributed by atoms with Crippen LogP contribution in [0.3, 0.4) is 0 Å². The fourth-order valence-corrected chi connectivity index (χ4v) is 17.7. The number of rotatable bonds is 10. The van der Waals surface area contributed by atoms with Gasteiger partial charge in [0, 0.05) is 61.2 Å². The van der Waals surface area contributed by atoms with Gasteiger partial charge in [0.1, 0.15) is 28.7 Å². The normalized spacial score (nSPS) is 12.9. The predicted molar refractivity (Wildman–Crippen MR) is 451 cm³/mol. The third-order valence-electron chi connectivity index (χ3n) is 22.6. The van der Waals surface area contributed by atoms with Crippen LogP contribution in [-0.2, 0) is 10.8 Å². The van der Waals surface area contributed by atoms with Crippen LogP contribution >= 0.6 is 0 Å². The number of hydrogen-bond donors (Lipinski definition) is 0. The Balaban J connectivity index is 0.000000145. The SMILES string of the molecule is c1ccc(-c2cc(-c3ccccc3)nc(-c3cccc(-c4cccc5c4Oc4ccccc4C54c5ccccc5-c5ccccc54)n3)n2)cc1.c1ccc(-c2cc(-c3ccccc3-c3ccccc3)nc(-c3cccc(-c4cccc(-c5cccc6c5Oc5ccccc5C65c6ccccc6-c6ccccc65)c4)c3)n2)cc1. The van der Waals surface area contributed by atoms with Crippen LogP contribution in [0.15, 0.2) is 406 Å². The number of ether oxygens (including phenoxy) is 2. The Hall–Kier alpha value is -14.8. The molecule has 0 fully saturated rings. The van der Waals surface area contributed by atoms with E-state index in [-0.39, 0.29) is 0 Å². The maximum absolute atomic E-state index is 7.02. The summed E-state index contributed by atoms with van der Waals surface area (Å²) in [6, 6.07) is 143. The van der Waals surface area contributed by atoms with Crippen molar-refractivity contribution in [1.82, 2.24) is 24.9 Å². The van der Waals surface area contributed by atoms with Gasteiger partial charge in [-0.25, -0.2) is 24.9 Å². The molecule has 0 unspecified atom stereocenters. The molecule has 15 aromatic carbocycles. The average molecular weight is 1430 g/mol. The number of hydrogen-bond acceptors (Lipinski definition) is 7. The second kappa shape index (κ2) is 27.2. The molecule has 0 saturated carbocycles. The standard InChI is InChI=1S/C59H38N2O.C46H29N3O/c1-3-18-39(19-4-1)45-26-7-8-29-49(45)55-38-54(40-20-5-2-6-21-40)60-58(61-55)44-25-16-23-42(37-44)41-22-15-24-43(36-41)46-30-17-34-53-57(46)62-56-35-14-13-33-52(56)59(53)50-31-11-9-27-47(50)48-28-10-12-32-51(48)59;1-3-15-30(16-4-1)41-29-42(31-17-5-2-6-18-31)49-45(48-41)40-27-14-26-39(47-40)34-21-13-25-38-44(34)50-43-28-12-11-24-37(43)46(38)35-22-9-7-19-32(35)33-20-8-10-23-36(33)46/h1-38H;1-29H. The first-order valence-corrected chi connectivity index (χ1v) is 38.0. The van der Waals surface area contributed by atoms with Crippen molar-refractivity contribution in [3.63, 3.8) is 0 Å². The van der Waals surface area contributed by atoms with Crippen molar-refractivity contribution in [2.45, 2.75) is 10.8 Å². The predicted octanol–water partition coefficient (Wildman–Crippen LogP) is 26.0. The molecule has 18 aromatic rings. The molecule has 3 aromatic heterocycles. The van der Waals surface area contributed by atoms with Crippen molar-refractivity contribution in [2.24, 2.45) is 0 Å². The molecule has 22 rings (SSSR count). The minimum Gasteiger partial charge on any atom is -0.456 e. The molecule has 0 bridgehead atoms. The van der Waals surface area contributed by atoms with Gasteiger partial charge >= 0.3 is 0 Å². The summed E-state index contributed by atoms with van der Waals surface area (Å²) in [6.07, 6.45) is 0. The van der Waals surface area contributed by atoms with Crippen LogP contribution in [0.5, 0.6) is 23.0 Å². The van der Waals surface area contributed by atoms with Gasteiger partial charge in [0.2, 0.25) is 0 Å². The van der Waals surface area contributed by atoms with E-state index in [1.54, 1.807) is 0 Å². The number of para-hydroxylation sites is 4. The third-order valence-corrected chi connectivity index (χ3v) is 22.6. The van der Waals surface area contributed by atoms with Crippen molar-refractivity contribution in [3.05, 3.63) is 451 Å². The monoisotopic (exact) mass is 1430 g/mol. The Morgan fingerprint density at radius 1 is 0.161 bits per heavy atom. The zero-order chi connectivity index (χ0) is 74.1. The van der Waals surface area contributed by atoms with E-state index in [2.05, 4.69) is 334 Å². The van der Waals surface area contributed by atoms with Crippen LogP contribution in [0.1, 0.15) is 44.5 Å². The van der Waals surface area contributed by atoms with E-state index in [4.69, 9.17) is 34.4 Å². The number of pyridine rings is 1. The lowest BCUT2D eigenvalue weighted by Gasteiger charge is -2.40. The van der Waals surface area contributed by atoms with Crippen molar-refractivity contribution >= 4 is 0 Å². The molecule has 524 valence electrons. The summed E-state index contributed by atoms with van der Waals surface area (Å²) in [6.45, 7) is 0. The van der Waals surface area contributed by atoms with E-state index in [0.29, 0.717) is 17.3 Å². The molecule has 4 aliphatic rings. The van der Waals surface area contributed by atoms with Crippen molar-refractivity contribution in [3.8, 4) is 158 Å². The lowest BCUT2D eigenvalue weighted by Crippen LogP contribution is -2.32. The molecular formula is C105H67N5O2. The molecule has 2 aliphatic carbocycles. The first-order chi connectivity index (χ1) is 55.5. The number of fused-ring (bicyclic) bond motifs is 18. The molecule has 7 nitrogen and oxygen atoms in total. The Bertz CT molecular complexity index is 6570. The van der Waals surface area contributed by atoms with Gasteiger partial charge in [0.15, 0.2) is 11.6 Å². The van der Waals surface area contributed by atoms with Crippen LogP contribution in [0.4, 0.5) is 0 Å². The van der Waals surface area contributed by atoms with Gasteiger partial charge in [0.05, 0.1) is 39.3 Å². The van der Waals surface area contributed by atoms with Crippen LogP contribution in [0.25, 0.3) is 135 Å².